The molecule has 7 nitrogen and oxygen atoms in total. The lowest BCUT2D eigenvalue weighted by Crippen LogP contribution is -2.25. The summed E-state index contributed by atoms with van der Waals surface area (Å²) >= 11 is 0. The summed E-state index contributed by atoms with van der Waals surface area (Å²) in [6.07, 6.45) is 0. The molecule has 4 aromatic rings. The number of fused-ring (bicyclic) bond motifs is 2. The van der Waals surface area contributed by atoms with Crippen molar-refractivity contribution >= 4 is 22.2 Å². The van der Waals surface area contributed by atoms with E-state index in [1.165, 1.54) is 18.2 Å². The Labute approximate surface area is 157 Å². The molecule has 0 saturated heterocycles. The molecular weight excluding hydrogens is 358 g/mol. The average molecular weight is 369 g/mol. The number of carbonyl (C=O) groups excluding carboxylic acids is 1. The van der Waals surface area contributed by atoms with Crippen LogP contribution in [0.1, 0.15) is 15.9 Å². The molecule has 0 aliphatic heterocycles. The molecule has 1 aliphatic rings. The fourth-order valence-electron chi connectivity index (χ4n) is 3.67. The minimum atomic E-state index is -0.549. The highest BCUT2D eigenvalue weighted by atomic mass is 16.6. The van der Waals surface area contributed by atoms with Gasteiger partial charge in [-0.15, -0.1) is 0 Å². The molecule has 0 fully saturated rings. The van der Waals surface area contributed by atoms with Crippen LogP contribution in [-0.4, -0.2) is 20.5 Å². The molecule has 0 atom stereocenters. The third-order valence-electron chi connectivity index (χ3n) is 4.90. The second kappa shape index (κ2) is 5.68. The molecule has 28 heavy (non-hydrogen) atoms. The van der Waals surface area contributed by atoms with Crippen LogP contribution in [0.15, 0.2) is 71.5 Å². The average Bonchev–Trinajstić information content (AvgIpc) is 2.73. The molecule has 5 rings (SSSR count). The van der Waals surface area contributed by atoms with Crippen LogP contribution in [0.3, 0.4) is 0 Å². The Morgan fingerprint density at radius 3 is 2.29 bits per heavy atom. The van der Waals surface area contributed by atoms with Gasteiger partial charge < -0.3 is 0 Å². The van der Waals surface area contributed by atoms with Crippen molar-refractivity contribution in [1.82, 2.24) is 9.78 Å². The molecule has 0 saturated carbocycles. The van der Waals surface area contributed by atoms with Gasteiger partial charge in [-0.1, -0.05) is 48.5 Å². The lowest BCUT2D eigenvalue weighted by atomic mass is 9.86. The van der Waals surface area contributed by atoms with E-state index in [9.17, 15) is 19.7 Å². The van der Waals surface area contributed by atoms with Crippen molar-refractivity contribution in [2.24, 2.45) is 0 Å². The number of ketones is 1. The van der Waals surface area contributed by atoms with Gasteiger partial charge in [0.05, 0.1) is 10.3 Å². The fraction of sp³-hybridized carbons (Fsp3) is 0. The highest BCUT2D eigenvalue weighted by Crippen LogP contribution is 2.37. The Morgan fingerprint density at radius 1 is 0.821 bits per heavy atom. The van der Waals surface area contributed by atoms with Gasteiger partial charge in [-0.25, -0.2) is 0 Å². The van der Waals surface area contributed by atoms with E-state index >= 15 is 0 Å². The van der Waals surface area contributed by atoms with E-state index in [0.717, 1.165) is 4.68 Å². The van der Waals surface area contributed by atoms with E-state index in [1.54, 1.807) is 48.5 Å². The number of para-hydroxylation sites is 2. The number of rotatable bonds is 2. The van der Waals surface area contributed by atoms with Crippen LogP contribution in [-0.2, 0) is 0 Å². The molecule has 3 aromatic carbocycles. The molecule has 0 N–H and O–H groups in total. The van der Waals surface area contributed by atoms with Gasteiger partial charge in [0.25, 0.3) is 11.2 Å². The van der Waals surface area contributed by atoms with Crippen LogP contribution >= 0.6 is 0 Å². The van der Waals surface area contributed by atoms with Crippen LogP contribution in [0.5, 0.6) is 0 Å². The highest BCUT2D eigenvalue weighted by Gasteiger charge is 2.29. The maximum Gasteiger partial charge on any atom is 0.295 e. The number of aromatic nitrogens is 2. The van der Waals surface area contributed by atoms with Crippen molar-refractivity contribution in [3.63, 3.8) is 0 Å². The second-order valence-corrected chi connectivity index (χ2v) is 6.41. The summed E-state index contributed by atoms with van der Waals surface area (Å²) in [6.45, 7) is 0. The maximum atomic E-state index is 13.1. The van der Waals surface area contributed by atoms with E-state index in [2.05, 4.69) is 5.10 Å². The Kier molecular flexibility index (Phi) is 3.26. The third kappa shape index (κ3) is 2.07. The van der Waals surface area contributed by atoms with Gasteiger partial charge >= 0.3 is 0 Å². The van der Waals surface area contributed by atoms with Crippen molar-refractivity contribution in [1.29, 1.82) is 0 Å². The second-order valence-electron chi connectivity index (χ2n) is 6.41. The first-order chi connectivity index (χ1) is 13.6. The maximum absolute atomic E-state index is 13.1. The number of hydrogen-bond donors (Lipinski definition) is 0. The number of hydrogen-bond acceptors (Lipinski definition) is 5. The molecule has 0 amide bonds. The van der Waals surface area contributed by atoms with Crippen LogP contribution in [0.4, 0.5) is 5.69 Å². The summed E-state index contributed by atoms with van der Waals surface area (Å²) in [5.41, 5.74) is 1.30. The largest absolute Gasteiger partial charge is 0.295 e. The van der Waals surface area contributed by atoms with Crippen LogP contribution < -0.4 is 5.56 Å². The topological polar surface area (TPSA) is 95.1 Å². The van der Waals surface area contributed by atoms with E-state index in [1.807, 2.05) is 0 Å². The number of nitrogens with zero attached hydrogens (tertiary/aromatic N) is 3. The quantitative estimate of drug-likeness (QED) is 0.350. The fourth-order valence-corrected chi connectivity index (χ4v) is 3.67. The minimum Gasteiger partial charge on any atom is -0.289 e. The number of carbonyl (C=O) groups is 1. The normalized spacial score (nSPS) is 12.1. The predicted molar refractivity (Wildman–Crippen MR) is 103 cm³/mol. The molecule has 1 aromatic heterocycles. The van der Waals surface area contributed by atoms with Gasteiger partial charge in [0.15, 0.2) is 5.78 Å². The van der Waals surface area contributed by atoms with Crippen LogP contribution in [0, 0.1) is 10.1 Å². The molecule has 1 aliphatic carbocycles. The predicted octanol–water partition coefficient (Wildman–Crippen LogP) is 3.51. The summed E-state index contributed by atoms with van der Waals surface area (Å²) in [6, 6.07) is 17.9. The minimum absolute atomic E-state index is 0.0791. The van der Waals surface area contributed by atoms with Crippen molar-refractivity contribution in [2.45, 2.75) is 0 Å². The molecule has 0 unspecified atom stereocenters. The van der Waals surface area contributed by atoms with E-state index in [-0.39, 0.29) is 17.2 Å². The van der Waals surface area contributed by atoms with Gasteiger partial charge in [-0.3, -0.25) is 19.7 Å². The number of nitro benzene ring substituents is 1. The first kappa shape index (κ1) is 16.1. The van der Waals surface area contributed by atoms with Crippen molar-refractivity contribution in [3.05, 3.63) is 98.3 Å². The molecule has 0 bridgehead atoms. The van der Waals surface area contributed by atoms with E-state index < -0.39 is 10.5 Å². The highest BCUT2D eigenvalue weighted by molar-refractivity contribution is 6.25. The smallest absolute Gasteiger partial charge is 0.289 e. The van der Waals surface area contributed by atoms with Crippen molar-refractivity contribution in [3.8, 4) is 16.9 Å². The first-order valence-electron chi connectivity index (χ1n) is 8.52. The summed E-state index contributed by atoms with van der Waals surface area (Å²) < 4.78 is 1.05. The number of benzene rings is 3. The van der Waals surface area contributed by atoms with Gasteiger partial charge in [0.1, 0.15) is 11.4 Å². The molecular formula is C21H11N3O4. The number of nitro groups is 1. The van der Waals surface area contributed by atoms with Gasteiger partial charge in [0.2, 0.25) is 0 Å². The summed E-state index contributed by atoms with van der Waals surface area (Å²) in [7, 11) is 0. The summed E-state index contributed by atoms with van der Waals surface area (Å²) in [5.74, 6) is -0.168. The molecule has 0 spiro atoms. The third-order valence-corrected chi connectivity index (χ3v) is 4.90. The zero-order chi connectivity index (χ0) is 19.4. The monoisotopic (exact) mass is 369 g/mol. The SMILES string of the molecule is O=C1c2ccccc2-c2nn(-c3ccccc3[N+](=O)[O-])c(=O)c3cccc1c23. The van der Waals surface area contributed by atoms with Gasteiger partial charge in [-0.05, 0) is 12.1 Å². The van der Waals surface area contributed by atoms with Crippen LogP contribution in [0.2, 0.25) is 0 Å². The standard InChI is InChI=1S/C21H11N3O4/c25-20-13-7-2-1-6-12(13)19-18-14(20)8-5-9-15(18)21(26)23(22-19)16-10-3-4-11-17(16)24(27)28/h1-11H. The Balaban J connectivity index is 1.96. The van der Waals surface area contributed by atoms with Crippen molar-refractivity contribution < 1.29 is 9.72 Å². The molecule has 134 valence electrons. The van der Waals surface area contributed by atoms with Gasteiger partial charge in [0, 0.05) is 28.1 Å². The zero-order valence-electron chi connectivity index (χ0n) is 14.3. The summed E-state index contributed by atoms with van der Waals surface area (Å²) in [4.78, 5) is 36.9. The molecule has 7 heteroatoms. The Hall–Kier alpha value is -4.13. The van der Waals surface area contributed by atoms with E-state index in [0.29, 0.717) is 33.2 Å². The molecule has 1 heterocycles. The molecule has 0 radical (unpaired) electrons. The Morgan fingerprint density at radius 2 is 1.50 bits per heavy atom. The first-order valence-corrected chi connectivity index (χ1v) is 8.52. The van der Waals surface area contributed by atoms with Crippen molar-refractivity contribution in [2.75, 3.05) is 0 Å². The van der Waals surface area contributed by atoms with Crippen LogP contribution in [0.25, 0.3) is 27.7 Å². The lowest BCUT2D eigenvalue weighted by Gasteiger charge is -2.19. The van der Waals surface area contributed by atoms with E-state index in [4.69, 9.17) is 0 Å². The summed E-state index contributed by atoms with van der Waals surface area (Å²) in [5, 5.41) is 16.7. The Bertz CT molecular complexity index is 1390. The zero-order valence-corrected chi connectivity index (χ0v) is 14.3. The van der Waals surface area contributed by atoms with Gasteiger partial charge in [-0.2, -0.15) is 9.78 Å². The lowest BCUT2D eigenvalue weighted by molar-refractivity contribution is -0.384.